The lowest BCUT2D eigenvalue weighted by Crippen LogP contribution is -2.27. The SMILES string of the molecule is CN(c1cccc(-c2ccc(NC(=O)C(C)(C)C)cc2)c1)c1nc2nncn2c2cc(Cl)ccc12. The van der Waals surface area contributed by atoms with Crippen molar-refractivity contribution in [2.45, 2.75) is 20.8 Å². The molecular weight excluding hydrogens is 460 g/mol. The van der Waals surface area contributed by atoms with E-state index in [9.17, 15) is 4.79 Å². The molecule has 0 atom stereocenters. The van der Waals surface area contributed by atoms with Gasteiger partial charge in [-0.3, -0.25) is 9.20 Å². The molecule has 0 saturated carbocycles. The van der Waals surface area contributed by atoms with Gasteiger partial charge in [0.15, 0.2) is 0 Å². The van der Waals surface area contributed by atoms with Gasteiger partial charge in [-0.1, -0.05) is 56.6 Å². The first-order valence-electron chi connectivity index (χ1n) is 11.3. The average molecular weight is 485 g/mol. The number of rotatable bonds is 4. The van der Waals surface area contributed by atoms with Crippen LogP contribution in [0, 0.1) is 5.41 Å². The summed E-state index contributed by atoms with van der Waals surface area (Å²) in [5.74, 6) is 1.25. The lowest BCUT2D eigenvalue weighted by atomic mass is 9.95. The minimum atomic E-state index is -0.448. The number of halogens is 1. The van der Waals surface area contributed by atoms with E-state index in [2.05, 4.69) is 27.6 Å². The molecule has 0 aliphatic rings. The van der Waals surface area contributed by atoms with E-state index in [4.69, 9.17) is 16.6 Å². The third-order valence-electron chi connectivity index (χ3n) is 5.90. The van der Waals surface area contributed by atoms with Crippen molar-refractivity contribution in [2.24, 2.45) is 5.41 Å². The molecule has 35 heavy (non-hydrogen) atoms. The van der Waals surface area contributed by atoms with Gasteiger partial charge in [0.25, 0.3) is 5.78 Å². The molecule has 0 radical (unpaired) electrons. The topological polar surface area (TPSA) is 75.4 Å². The molecule has 2 aromatic heterocycles. The maximum atomic E-state index is 12.3. The van der Waals surface area contributed by atoms with Crippen molar-refractivity contribution in [1.29, 1.82) is 0 Å². The van der Waals surface area contributed by atoms with Gasteiger partial charge in [-0.2, -0.15) is 4.98 Å². The fourth-order valence-electron chi connectivity index (χ4n) is 3.86. The predicted molar refractivity (Wildman–Crippen MR) is 141 cm³/mol. The molecule has 5 rings (SSSR count). The molecule has 0 saturated heterocycles. The van der Waals surface area contributed by atoms with Gasteiger partial charge in [0, 0.05) is 34.2 Å². The largest absolute Gasteiger partial charge is 0.329 e. The summed E-state index contributed by atoms with van der Waals surface area (Å²) in [4.78, 5) is 19.1. The van der Waals surface area contributed by atoms with E-state index in [1.807, 2.05) is 91.7 Å². The third kappa shape index (κ3) is 4.42. The Labute approximate surface area is 208 Å². The van der Waals surface area contributed by atoms with Gasteiger partial charge >= 0.3 is 0 Å². The Balaban J connectivity index is 1.48. The molecule has 0 fully saturated rings. The van der Waals surface area contributed by atoms with E-state index in [1.54, 1.807) is 6.33 Å². The number of anilines is 3. The van der Waals surface area contributed by atoms with Gasteiger partial charge in [0.05, 0.1) is 5.52 Å². The third-order valence-corrected chi connectivity index (χ3v) is 6.14. The highest BCUT2D eigenvalue weighted by molar-refractivity contribution is 6.31. The highest BCUT2D eigenvalue weighted by Gasteiger charge is 2.21. The molecule has 7 nitrogen and oxygen atoms in total. The Kier molecular flexibility index (Phi) is 5.65. The van der Waals surface area contributed by atoms with Crippen LogP contribution in [0.2, 0.25) is 5.02 Å². The maximum absolute atomic E-state index is 12.3. The van der Waals surface area contributed by atoms with Crippen LogP contribution in [0.1, 0.15) is 20.8 Å². The maximum Gasteiger partial charge on any atom is 0.257 e. The number of aromatic nitrogens is 4. The second-order valence-corrected chi connectivity index (χ2v) is 9.93. The first-order valence-corrected chi connectivity index (χ1v) is 11.6. The molecule has 0 aliphatic carbocycles. The van der Waals surface area contributed by atoms with Crippen molar-refractivity contribution in [2.75, 3.05) is 17.3 Å². The molecule has 2 heterocycles. The van der Waals surface area contributed by atoms with Gasteiger partial charge in [-0.25, -0.2) is 0 Å². The minimum Gasteiger partial charge on any atom is -0.329 e. The zero-order chi connectivity index (χ0) is 24.7. The summed E-state index contributed by atoms with van der Waals surface area (Å²) in [5, 5.41) is 12.7. The number of nitrogens with one attached hydrogen (secondary N) is 1. The smallest absolute Gasteiger partial charge is 0.257 e. The second kappa shape index (κ2) is 8.67. The Bertz CT molecular complexity index is 1550. The van der Waals surface area contributed by atoms with Crippen LogP contribution in [-0.2, 0) is 4.79 Å². The quantitative estimate of drug-likeness (QED) is 0.321. The van der Waals surface area contributed by atoms with Gasteiger partial charge in [0.1, 0.15) is 12.1 Å². The molecule has 0 spiro atoms. The predicted octanol–water partition coefficient (Wildman–Crippen LogP) is 6.35. The van der Waals surface area contributed by atoms with Crippen LogP contribution >= 0.6 is 11.6 Å². The van der Waals surface area contributed by atoms with Crippen LogP contribution in [0.25, 0.3) is 27.8 Å². The molecule has 0 aliphatic heterocycles. The number of hydrogen-bond acceptors (Lipinski definition) is 5. The fraction of sp³-hybridized carbons (Fsp3) is 0.185. The van der Waals surface area contributed by atoms with Crippen molar-refractivity contribution >= 4 is 51.4 Å². The molecule has 8 heteroatoms. The van der Waals surface area contributed by atoms with E-state index in [0.717, 1.165) is 39.2 Å². The van der Waals surface area contributed by atoms with Gasteiger partial charge in [0.2, 0.25) is 5.91 Å². The average Bonchev–Trinajstić information content (AvgIpc) is 3.32. The van der Waals surface area contributed by atoms with Crippen molar-refractivity contribution in [1.82, 2.24) is 19.6 Å². The van der Waals surface area contributed by atoms with E-state index in [-0.39, 0.29) is 5.91 Å². The Morgan fingerprint density at radius 2 is 1.77 bits per heavy atom. The summed E-state index contributed by atoms with van der Waals surface area (Å²) < 4.78 is 1.83. The molecule has 1 amide bonds. The molecule has 176 valence electrons. The fourth-order valence-corrected chi connectivity index (χ4v) is 4.03. The zero-order valence-corrected chi connectivity index (χ0v) is 20.7. The lowest BCUT2D eigenvalue weighted by Gasteiger charge is -2.21. The van der Waals surface area contributed by atoms with Crippen LogP contribution in [0.5, 0.6) is 0 Å². The van der Waals surface area contributed by atoms with Crippen LogP contribution in [0.15, 0.2) is 73.1 Å². The Morgan fingerprint density at radius 1 is 1.00 bits per heavy atom. The van der Waals surface area contributed by atoms with Crippen molar-refractivity contribution in [3.05, 3.63) is 78.1 Å². The summed E-state index contributed by atoms with van der Waals surface area (Å²) >= 11 is 6.27. The number of nitrogens with zero attached hydrogens (tertiary/aromatic N) is 5. The number of carbonyl (C=O) groups excluding carboxylic acids is 1. The number of benzene rings is 3. The van der Waals surface area contributed by atoms with Gasteiger partial charge in [-0.15, -0.1) is 10.2 Å². The summed E-state index contributed by atoms with van der Waals surface area (Å²) in [5.41, 5.74) is 4.29. The van der Waals surface area contributed by atoms with E-state index < -0.39 is 5.41 Å². The molecule has 1 N–H and O–H groups in total. The van der Waals surface area contributed by atoms with Crippen molar-refractivity contribution in [3.8, 4) is 11.1 Å². The van der Waals surface area contributed by atoms with E-state index in [1.165, 1.54) is 0 Å². The molecule has 0 unspecified atom stereocenters. The molecule has 3 aromatic carbocycles. The van der Waals surface area contributed by atoms with Crippen LogP contribution in [0.4, 0.5) is 17.2 Å². The second-order valence-electron chi connectivity index (χ2n) is 9.49. The minimum absolute atomic E-state index is 0.0143. The number of carbonyl (C=O) groups is 1. The van der Waals surface area contributed by atoms with Crippen LogP contribution in [-0.4, -0.2) is 32.5 Å². The normalized spacial score (nSPS) is 11.7. The first-order chi connectivity index (χ1) is 16.7. The summed E-state index contributed by atoms with van der Waals surface area (Å²) in [6.07, 6.45) is 1.64. The van der Waals surface area contributed by atoms with E-state index in [0.29, 0.717) is 10.8 Å². The van der Waals surface area contributed by atoms with Gasteiger partial charge in [-0.05, 0) is 53.6 Å². The highest BCUT2D eigenvalue weighted by Crippen LogP contribution is 2.33. The number of amides is 1. The number of hydrogen-bond donors (Lipinski definition) is 1. The van der Waals surface area contributed by atoms with Crippen molar-refractivity contribution < 1.29 is 4.79 Å². The number of fused-ring (bicyclic) bond motifs is 3. The monoisotopic (exact) mass is 484 g/mol. The standard InChI is InChI=1S/C27H25ClN6O/c1-27(2,3)25(35)30-20-11-8-17(9-12-20)18-6-5-7-21(14-18)33(4)24-22-13-10-19(28)15-23(22)34-16-29-32-26(34)31-24/h5-16H,1-4H3,(H,30,35). The van der Waals surface area contributed by atoms with E-state index >= 15 is 0 Å². The van der Waals surface area contributed by atoms with Crippen molar-refractivity contribution in [3.63, 3.8) is 0 Å². The summed E-state index contributed by atoms with van der Waals surface area (Å²) in [6.45, 7) is 5.69. The Morgan fingerprint density at radius 3 is 2.51 bits per heavy atom. The highest BCUT2D eigenvalue weighted by atomic mass is 35.5. The van der Waals surface area contributed by atoms with Gasteiger partial charge < -0.3 is 10.2 Å². The van der Waals surface area contributed by atoms with Crippen LogP contribution < -0.4 is 10.2 Å². The first kappa shape index (κ1) is 22.8. The lowest BCUT2D eigenvalue weighted by molar-refractivity contribution is -0.123. The summed E-state index contributed by atoms with van der Waals surface area (Å²) in [6, 6.07) is 21.8. The summed E-state index contributed by atoms with van der Waals surface area (Å²) in [7, 11) is 1.98. The zero-order valence-electron chi connectivity index (χ0n) is 20.0. The van der Waals surface area contributed by atoms with Crippen LogP contribution in [0.3, 0.4) is 0 Å². The molecule has 5 aromatic rings. The molecule has 0 bridgehead atoms. The Hall–Kier alpha value is -3.97. The molecular formula is C27H25ClN6O.